The average molecular weight is 428 g/mol. The smallest absolute Gasteiger partial charge is 0.407 e. The normalized spacial score (nSPS) is 14.6. The number of amides is 1. The lowest BCUT2D eigenvalue weighted by Gasteiger charge is -2.19. The van der Waals surface area contributed by atoms with Crippen LogP contribution in [0.15, 0.2) is 79.0 Å². The molecule has 0 bridgehead atoms. The van der Waals surface area contributed by atoms with Crippen LogP contribution < -0.4 is 5.32 Å². The van der Waals surface area contributed by atoms with Crippen molar-refractivity contribution in [2.75, 3.05) is 13.2 Å². The quantitative estimate of drug-likeness (QED) is 0.372. The van der Waals surface area contributed by atoms with Crippen LogP contribution in [0.4, 0.5) is 4.79 Å². The number of hydrogen-bond acceptors (Lipinski definition) is 4. The monoisotopic (exact) mass is 428 g/mol. The highest BCUT2D eigenvalue weighted by atomic mass is 16.5. The lowest BCUT2D eigenvalue weighted by Crippen LogP contribution is -2.36. The van der Waals surface area contributed by atoms with E-state index in [0.29, 0.717) is 5.56 Å². The summed E-state index contributed by atoms with van der Waals surface area (Å²) in [5, 5.41) is 24.3. The lowest BCUT2D eigenvalue weighted by molar-refractivity contribution is 0.0186. The number of aliphatic hydroxyl groups is 2. The summed E-state index contributed by atoms with van der Waals surface area (Å²) < 4.78 is 5.48. The number of ether oxygens (including phenoxy) is 1. The minimum absolute atomic E-state index is 0.0308. The van der Waals surface area contributed by atoms with Gasteiger partial charge in [-0.15, -0.1) is 0 Å². The minimum Gasteiger partial charge on any atom is -0.449 e. The summed E-state index contributed by atoms with van der Waals surface area (Å²) in [6.45, 7) is 0.0751. The standard InChI is InChI=1S/C26H24N2O4/c29-24(25(30)17-9-10-23-16(13-17)11-12-27-23)14-28-26(31)32-15-22-20-7-3-1-5-18(20)19-6-2-4-8-21(19)22/h1-13,22,24-25,27,29-30H,14-15H2,(H,28,31). The molecule has 1 aliphatic carbocycles. The molecule has 1 aliphatic rings. The largest absolute Gasteiger partial charge is 0.449 e. The van der Waals surface area contributed by atoms with Crippen molar-refractivity contribution >= 4 is 17.0 Å². The Hall–Kier alpha value is -3.61. The number of fused-ring (bicyclic) bond motifs is 4. The van der Waals surface area contributed by atoms with E-state index in [1.807, 2.05) is 48.7 Å². The number of carbonyl (C=O) groups is 1. The molecule has 4 N–H and O–H groups in total. The molecule has 32 heavy (non-hydrogen) atoms. The molecule has 3 aromatic carbocycles. The number of aromatic amines is 1. The van der Waals surface area contributed by atoms with Crippen molar-refractivity contribution in [3.8, 4) is 11.1 Å². The van der Waals surface area contributed by atoms with Gasteiger partial charge in [-0.25, -0.2) is 4.79 Å². The average Bonchev–Trinajstić information content (AvgIpc) is 3.42. The Morgan fingerprint density at radius 1 is 0.969 bits per heavy atom. The van der Waals surface area contributed by atoms with Gasteiger partial charge in [0, 0.05) is 24.2 Å². The van der Waals surface area contributed by atoms with E-state index >= 15 is 0 Å². The van der Waals surface area contributed by atoms with Crippen LogP contribution in [0.25, 0.3) is 22.0 Å². The summed E-state index contributed by atoms with van der Waals surface area (Å²) in [6, 6.07) is 23.6. The van der Waals surface area contributed by atoms with Gasteiger partial charge >= 0.3 is 6.09 Å². The molecule has 0 saturated heterocycles. The molecular formula is C26H24N2O4. The Bertz CT molecular complexity index is 1220. The molecule has 2 unspecified atom stereocenters. The lowest BCUT2D eigenvalue weighted by atomic mass is 9.98. The third kappa shape index (κ3) is 3.75. The Morgan fingerprint density at radius 3 is 2.38 bits per heavy atom. The van der Waals surface area contributed by atoms with Crippen LogP contribution in [0, 0.1) is 0 Å². The first-order valence-electron chi connectivity index (χ1n) is 10.6. The first-order valence-corrected chi connectivity index (χ1v) is 10.6. The summed E-state index contributed by atoms with van der Waals surface area (Å²) in [4.78, 5) is 15.4. The van der Waals surface area contributed by atoms with E-state index in [2.05, 4.69) is 34.6 Å². The highest BCUT2D eigenvalue weighted by molar-refractivity contribution is 5.80. The van der Waals surface area contributed by atoms with Crippen LogP contribution in [0.2, 0.25) is 0 Å². The summed E-state index contributed by atoms with van der Waals surface area (Å²) >= 11 is 0. The Morgan fingerprint density at radius 2 is 1.66 bits per heavy atom. The second kappa shape index (κ2) is 8.49. The Balaban J connectivity index is 1.18. The van der Waals surface area contributed by atoms with Gasteiger partial charge in [-0.3, -0.25) is 0 Å². The fourth-order valence-corrected chi connectivity index (χ4v) is 4.43. The number of benzene rings is 3. The first-order chi connectivity index (χ1) is 15.6. The Kier molecular flexibility index (Phi) is 5.39. The molecule has 0 fully saturated rings. The zero-order valence-electron chi connectivity index (χ0n) is 17.4. The van der Waals surface area contributed by atoms with Crippen LogP contribution in [-0.2, 0) is 4.74 Å². The molecule has 4 aromatic rings. The molecule has 1 heterocycles. The molecule has 6 nitrogen and oxygen atoms in total. The molecule has 162 valence electrons. The molecule has 2 atom stereocenters. The molecule has 0 radical (unpaired) electrons. The number of aliphatic hydroxyl groups excluding tert-OH is 2. The summed E-state index contributed by atoms with van der Waals surface area (Å²) in [5.41, 5.74) is 6.13. The number of nitrogens with one attached hydrogen (secondary N) is 2. The van der Waals surface area contributed by atoms with Crippen molar-refractivity contribution in [1.29, 1.82) is 0 Å². The van der Waals surface area contributed by atoms with E-state index in [9.17, 15) is 15.0 Å². The summed E-state index contributed by atoms with van der Waals surface area (Å²) in [5.74, 6) is -0.0308. The Labute approximate surface area is 185 Å². The fraction of sp³-hybridized carbons (Fsp3) is 0.192. The highest BCUT2D eigenvalue weighted by Gasteiger charge is 2.29. The van der Waals surface area contributed by atoms with Gasteiger partial charge < -0.3 is 25.3 Å². The van der Waals surface area contributed by atoms with Gasteiger partial charge in [-0.1, -0.05) is 54.6 Å². The van der Waals surface area contributed by atoms with Crippen molar-refractivity contribution in [3.63, 3.8) is 0 Å². The van der Waals surface area contributed by atoms with Gasteiger partial charge in [0.15, 0.2) is 0 Å². The molecule has 0 spiro atoms. The number of alkyl carbamates (subject to hydrolysis) is 1. The van der Waals surface area contributed by atoms with Crippen LogP contribution in [0.3, 0.4) is 0 Å². The van der Waals surface area contributed by atoms with Crippen molar-refractivity contribution in [1.82, 2.24) is 10.3 Å². The van der Waals surface area contributed by atoms with E-state index in [1.54, 1.807) is 6.07 Å². The van der Waals surface area contributed by atoms with Crippen LogP contribution >= 0.6 is 0 Å². The van der Waals surface area contributed by atoms with Crippen LogP contribution in [0.1, 0.15) is 28.7 Å². The van der Waals surface area contributed by atoms with E-state index in [4.69, 9.17) is 4.74 Å². The van der Waals surface area contributed by atoms with Gasteiger partial charge in [-0.05, 0) is 51.4 Å². The highest BCUT2D eigenvalue weighted by Crippen LogP contribution is 2.44. The SMILES string of the molecule is O=C(NCC(O)C(O)c1ccc2[nH]ccc2c1)OCC1c2ccccc2-c2ccccc21. The molecular weight excluding hydrogens is 404 g/mol. The van der Waals surface area contributed by atoms with E-state index in [0.717, 1.165) is 33.2 Å². The predicted octanol–water partition coefficient (Wildman–Crippen LogP) is 4.10. The maximum Gasteiger partial charge on any atom is 0.407 e. The maximum atomic E-state index is 12.3. The van der Waals surface area contributed by atoms with Crippen molar-refractivity contribution in [3.05, 3.63) is 95.7 Å². The first kappa shape index (κ1) is 20.3. The zero-order valence-corrected chi connectivity index (χ0v) is 17.4. The number of aromatic nitrogens is 1. The number of rotatable bonds is 6. The van der Waals surface area contributed by atoms with Gasteiger partial charge in [0.1, 0.15) is 18.8 Å². The minimum atomic E-state index is -1.16. The van der Waals surface area contributed by atoms with Gasteiger partial charge in [0.25, 0.3) is 0 Å². The molecule has 1 aromatic heterocycles. The van der Waals surface area contributed by atoms with Crippen molar-refractivity contribution in [2.24, 2.45) is 0 Å². The molecule has 0 aliphatic heterocycles. The summed E-state index contributed by atoms with van der Waals surface area (Å²) in [7, 11) is 0. The topological polar surface area (TPSA) is 94.6 Å². The van der Waals surface area contributed by atoms with Crippen molar-refractivity contribution < 1.29 is 19.7 Å². The second-order valence-electron chi connectivity index (χ2n) is 8.04. The van der Waals surface area contributed by atoms with Gasteiger partial charge in [0.05, 0.1) is 0 Å². The number of H-pyrrole nitrogens is 1. The molecule has 1 amide bonds. The van der Waals surface area contributed by atoms with Crippen LogP contribution in [0.5, 0.6) is 0 Å². The van der Waals surface area contributed by atoms with Crippen molar-refractivity contribution in [2.45, 2.75) is 18.1 Å². The third-order valence-corrected chi connectivity index (χ3v) is 6.08. The molecule has 0 saturated carbocycles. The fourth-order valence-electron chi connectivity index (χ4n) is 4.43. The van der Waals surface area contributed by atoms with Crippen LogP contribution in [-0.4, -0.2) is 40.5 Å². The predicted molar refractivity (Wildman–Crippen MR) is 122 cm³/mol. The molecule has 5 rings (SSSR count). The number of carbonyl (C=O) groups excluding carboxylic acids is 1. The molecule has 6 heteroatoms. The van der Waals surface area contributed by atoms with E-state index < -0.39 is 18.3 Å². The maximum absolute atomic E-state index is 12.3. The van der Waals surface area contributed by atoms with E-state index in [1.165, 1.54) is 0 Å². The van der Waals surface area contributed by atoms with Gasteiger partial charge in [-0.2, -0.15) is 0 Å². The third-order valence-electron chi connectivity index (χ3n) is 6.08. The second-order valence-corrected chi connectivity index (χ2v) is 8.04. The zero-order chi connectivity index (χ0) is 22.1. The van der Waals surface area contributed by atoms with Gasteiger partial charge in [0.2, 0.25) is 0 Å². The number of hydrogen-bond donors (Lipinski definition) is 4. The summed E-state index contributed by atoms with van der Waals surface area (Å²) in [6.07, 6.45) is -1.09. The van der Waals surface area contributed by atoms with E-state index in [-0.39, 0.29) is 19.1 Å².